The molecule has 1 amide bonds. The molecule has 2 aromatic carbocycles. The first-order valence-corrected chi connectivity index (χ1v) is 8.06. The molecule has 0 atom stereocenters. The van der Waals surface area contributed by atoms with Crippen LogP contribution in [-0.4, -0.2) is 15.3 Å². The van der Waals surface area contributed by atoms with E-state index in [0.29, 0.717) is 27.7 Å². The number of amides is 1. The third-order valence-electron chi connectivity index (χ3n) is 4.17. The van der Waals surface area contributed by atoms with Crippen LogP contribution in [0.2, 0.25) is 0 Å². The van der Waals surface area contributed by atoms with Gasteiger partial charge in [0.05, 0.1) is 16.5 Å². The molecule has 0 saturated heterocycles. The number of nitrogens with zero attached hydrogens (tertiary/aromatic N) is 2. The summed E-state index contributed by atoms with van der Waals surface area (Å²) in [6.07, 6.45) is 1.45. The topological polar surface area (TPSA) is 63.5 Å². The fraction of sp³-hybridized carbons (Fsp3) is 0.0500. The van der Waals surface area contributed by atoms with Gasteiger partial charge in [-0.2, -0.15) is 0 Å². The molecule has 0 spiro atoms. The fourth-order valence-electron chi connectivity index (χ4n) is 2.81. The van der Waals surface area contributed by atoms with Gasteiger partial charge in [-0.3, -0.25) is 14.0 Å². The van der Waals surface area contributed by atoms with Crippen LogP contribution in [0.25, 0.3) is 16.6 Å². The highest BCUT2D eigenvalue weighted by Crippen LogP contribution is 2.11. The monoisotopic (exact) mass is 347 g/mol. The number of hydrogen-bond donors (Lipinski definition) is 1. The van der Waals surface area contributed by atoms with Crippen LogP contribution in [0, 0.1) is 5.82 Å². The molecule has 0 saturated carbocycles. The number of carbonyl (C=O) groups excluding carboxylic acids is 1. The van der Waals surface area contributed by atoms with Gasteiger partial charge in [0.1, 0.15) is 11.5 Å². The molecule has 4 rings (SSSR count). The van der Waals surface area contributed by atoms with E-state index in [-0.39, 0.29) is 17.9 Å². The molecular formula is C20H14FN3O2. The minimum atomic E-state index is -0.393. The Morgan fingerprint density at radius 2 is 1.81 bits per heavy atom. The maximum Gasteiger partial charge on any atom is 0.265 e. The molecule has 0 unspecified atom stereocenters. The maximum absolute atomic E-state index is 13.6. The van der Waals surface area contributed by atoms with Gasteiger partial charge in [0, 0.05) is 18.3 Å². The molecule has 4 aromatic rings. The Labute approximate surface area is 147 Å². The van der Waals surface area contributed by atoms with Gasteiger partial charge in [-0.1, -0.05) is 30.3 Å². The highest BCUT2D eigenvalue weighted by molar-refractivity contribution is 5.94. The lowest BCUT2D eigenvalue weighted by Crippen LogP contribution is -2.25. The molecule has 1 N–H and O–H groups in total. The molecule has 0 aliphatic rings. The smallest absolute Gasteiger partial charge is 0.265 e. The number of nitrogens with one attached hydrogen (secondary N) is 1. The van der Waals surface area contributed by atoms with E-state index >= 15 is 0 Å². The Balaban J connectivity index is 1.67. The van der Waals surface area contributed by atoms with Crippen LogP contribution in [0.5, 0.6) is 0 Å². The Morgan fingerprint density at radius 3 is 2.65 bits per heavy atom. The first kappa shape index (κ1) is 16.0. The number of halogens is 1. The lowest BCUT2D eigenvalue weighted by atomic mass is 10.2. The molecule has 0 radical (unpaired) electrons. The van der Waals surface area contributed by atoms with Gasteiger partial charge in [-0.05, 0) is 30.3 Å². The molecule has 6 heteroatoms. The SMILES string of the molecule is O=C(NCc1ccccc1F)c1ccc2nc3ccccc3c(=O)n2c1. The minimum absolute atomic E-state index is 0.0639. The van der Waals surface area contributed by atoms with E-state index in [0.717, 1.165) is 0 Å². The molecule has 26 heavy (non-hydrogen) atoms. The summed E-state index contributed by atoms with van der Waals surface area (Å²) in [5.41, 5.74) is 1.52. The van der Waals surface area contributed by atoms with Gasteiger partial charge in [0.2, 0.25) is 0 Å². The molecule has 2 heterocycles. The number of aromatic nitrogens is 2. The molecule has 0 fully saturated rings. The summed E-state index contributed by atoms with van der Waals surface area (Å²) >= 11 is 0. The summed E-state index contributed by atoms with van der Waals surface area (Å²) in [5, 5.41) is 3.14. The van der Waals surface area contributed by atoms with Crippen molar-refractivity contribution in [1.29, 1.82) is 0 Å². The van der Waals surface area contributed by atoms with E-state index in [1.165, 1.54) is 16.7 Å². The summed E-state index contributed by atoms with van der Waals surface area (Å²) in [6, 6.07) is 16.5. The Kier molecular flexibility index (Phi) is 3.93. The van der Waals surface area contributed by atoms with Gasteiger partial charge >= 0.3 is 0 Å². The zero-order valence-electron chi connectivity index (χ0n) is 13.6. The summed E-state index contributed by atoms with van der Waals surface area (Å²) in [6.45, 7) is 0.0639. The van der Waals surface area contributed by atoms with Crippen LogP contribution in [0.15, 0.2) is 71.7 Å². The van der Waals surface area contributed by atoms with Gasteiger partial charge in [0.15, 0.2) is 0 Å². The van der Waals surface area contributed by atoms with Crippen LogP contribution in [0.4, 0.5) is 4.39 Å². The second-order valence-corrected chi connectivity index (χ2v) is 5.85. The Morgan fingerprint density at radius 1 is 1.04 bits per heavy atom. The second kappa shape index (κ2) is 6.40. The second-order valence-electron chi connectivity index (χ2n) is 5.85. The summed E-state index contributed by atoms with van der Waals surface area (Å²) in [7, 11) is 0. The number of para-hydroxylation sites is 1. The summed E-state index contributed by atoms with van der Waals surface area (Å²) < 4.78 is 15.0. The number of carbonyl (C=O) groups is 1. The van der Waals surface area contributed by atoms with E-state index in [1.807, 2.05) is 6.07 Å². The third kappa shape index (κ3) is 2.82. The Bertz CT molecular complexity index is 1200. The zero-order chi connectivity index (χ0) is 18.1. The molecule has 128 valence electrons. The van der Waals surface area contributed by atoms with Crippen molar-refractivity contribution in [3.8, 4) is 0 Å². The number of fused-ring (bicyclic) bond motifs is 2. The van der Waals surface area contributed by atoms with Gasteiger partial charge in [-0.15, -0.1) is 0 Å². The van der Waals surface area contributed by atoms with Crippen molar-refractivity contribution >= 4 is 22.5 Å². The first-order valence-electron chi connectivity index (χ1n) is 8.06. The Hall–Kier alpha value is -3.54. The van der Waals surface area contributed by atoms with Gasteiger partial charge in [0.25, 0.3) is 11.5 Å². The molecule has 0 aliphatic carbocycles. The normalized spacial score (nSPS) is 11.0. The van der Waals surface area contributed by atoms with Gasteiger partial charge < -0.3 is 5.32 Å². The van der Waals surface area contributed by atoms with Crippen molar-refractivity contribution in [2.45, 2.75) is 6.54 Å². The highest BCUT2D eigenvalue weighted by atomic mass is 19.1. The van der Waals surface area contributed by atoms with Crippen LogP contribution < -0.4 is 10.9 Å². The maximum atomic E-state index is 13.6. The summed E-state index contributed by atoms with van der Waals surface area (Å²) in [4.78, 5) is 29.4. The lowest BCUT2D eigenvalue weighted by molar-refractivity contribution is 0.0950. The van der Waals surface area contributed by atoms with E-state index in [9.17, 15) is 14.0 Å². The summed E-state index contributed by atoms with van der Waals surface area (Å²) in [5.74, 6) is -0.770. The number of hydrogen-bond acceptors (Lipinski definition) is 3. The largest absolute Gasteiger partial charge is 0.348 e. The van der Waals surface area contributed by atoms with Crippen LogP contribution in [0.3, 0.4) is 0 Å². The zero-order valence-corrected chi connectivity index (χ0v) is 13.6. The average molecular weight is 347 g/mol. The van der Waals surface area contributed by atoms with Gasteiger partial charge in [-0.25, -0.2) is 9.37 Å². The number of rotatable bonds is 3. The highest BCUT2D eigenvalue weighted by Gasteiger charge is 2.10. The van der Waals surface area contributed by atoms with E-state index in [1.54, 1.807) is 48.5 Å². The predicted octanol–water partition coefficient (Wildman–Crippen LogP) is 2.92. The average Bonchev–Trinajstić information content (AvgIpc) is 2.67. The van der Waals surface area contributed by atoms with Crippen molar-refractivity contribution in [2.75, 3.05) is 0 Å². The van der Waals surface area contributed by atoms with Crippen molar-refractivity contribution in [3.63, 3.8) is 0 Å². The fourth-order valence-corrected chi connectivity index (χ4v) is 2.81. The molecule has 5 nitrogen and oxygen atoms in total. The van der Waals surface area contributed by atoms with Crippen molar-refractivity contribution in [3.05, 3.63) is 94.2 Å². The molecular weight excluding hydrogens is 333 g/mol. The van der Waals surface area contributed by atoms with Crippen molar-refractivity contribution in [1.82, 2.24) is 14.7 Å². The quantitative estimate of drug-likeness (QED) is 0.580. The molecule has 2 aromatic heterocycles. The van der Waals surface area contributed by atoms with Crippen LogP contribution in [0.1, 0.15) is 15.9 Å². The van der Waals surface area contributed by atoms with E-state index in [4.69, 9.17) is 0 Å². The number of benzene rings is 2. The molecule has 0 aliphatic heterocycles. The van der Waals surface area contributed by atoms with E-state index < -0.39 is 5.91 Å². The minimum Gasteiger partial charge on any atom is -0.348 e. The molecule has 0 bridgehead atoms. The van der Waals surface area contributed by atoms with E-state index in [2.05, 4.69) is 10.3 Å². The van der Waals surface area contributed by atoms with Crippen LogP contribution >= 0.6 is 0 Å². The number of pyridine rings is 1. The third-order valence-corrected chi connectivity index (χ3v) is 4.17. The van der Waals surface area contributed by atoms with Crippen LogP contribution in [-0.2, 0) is 6.54 Å². The van der Waals surface area contributed by atoms with Crippen molar-refractivity contribution < 1.29 is 9.18 Å². The lowest BCUT2D eigenvalue weighted by Gasteiger charge is -2.08. The predicted molar refractivity (Wildman–Crippen MR) is 96.5 cm³/mol. The standard InChI is InChI=1S/C20H14FN3O2/c21-16-7-3-1-5-13(16)11-22-19(25)14-9-10-18-23-17-8-4-2-6-15(17)20(26)24(18)12-14/h1-10,12H,11H2,(H,22,25). The first-order chi connectivity index (χ1) is 12.6. The van der Waals surface area contributed by atoms with Crippen molar-refractivity contribution in [2.24, 2.45) is 0 Å².